The minimum Gasteiger partial charge on any atom is -0.507 e. The van der Waals surface area contributed by atoms with E-state index in [9.17, 15) is 14.3 Å². The van der Waals surface area contributed by atoms with Crippen LogP contribution in [-0.4, -0.2) is 28.4 Å². The van der Waals surface area contributed by atoms with E-state index in [1.54, 1.807) is 54.6 Å². The Morgan fingerprint density at radius 2 is 1.81 bits per heavy atom. The lowest BCUT2D eigenvalue weighted by molar-refractivity contribution is 0.0600. The number of hydrogen-bond donors (Lipinski definition) is 2. The molecule has 4 aromatic rings. The van der Waals surface area contributed by atoms with E-state index in [0.29, 0.717) is 39.6 Å². The topological polar surface area (TPSA) is 93.7 Å². The fourth-order valence-electron chi connectivity index (χ4n) is 3.04. The van der Waals surface area contributed by atoms with Gasteiger partial charge >= 0.3 is 5.97 Å². The molecule has 0 spiro atoms. The van der Waals surface area contributed by atoms with Crippen molar-refractivity contribution < 1.29 is 28.5 Å². The molecule has 0 atom stereocenters. The molecular weight excluding hydrogens is 415 g/mol. The van der Waals surface area contributed by atoms with Gasteiger partial charge in [-0.15, -0.1) is 0 Å². The van der Waals surface area contributed by atoms with Crippen LogP contribution < -0.4 is 9.47 Å². The second-order valence-electron chi connectivity index (χ2n) is 6.79. The van der Waals surface area contributed by atoms with E-state index in [1.807, 2.05) is 0 Å². The van der Waals surface area contributed by atoms with Crippen LogP contribution in [0, 0.1) is 5.82 Å². The van der Waals surface area contributed by atoms with Crippen LogP contribution in [0.25, 0.3) is 11.3 Å². The number of nitrogens with one attached hydrogen (secondary N) is 1. The Hall–Kier alpha value is -4.33. The summed E-state index contributed by atoms with van der Waals surface area (Å²) in [6.07, 6.45) is 1.48. The number of rotatable bonds is 7. The molecule has 1 aromatic heterocycles. The number of esters is 1. The normalized spacial score (nSPS) is 10.6. The quantitative estimate of drug-likeness (QED) is 0.394. The first-order valence-corrected chi connectivity index (χ1v) is 9.64. The summed E-state index contributed by atoms with van der Waals surface area (Å²) in [5.74, 6) is 0.381. The number of phenolic OH excluding ortho intramolecular Hbond substituents is 1. The summed E-state index contributed by atoms with van der Waals surface area (Å²) in [5, 5.41) is 17.3. The highest BCUT2D eigenvalue weighted by Crippen LogP contribution is 2.38. The molecule has 8 heteroatoms. The van der Waals surface area contributed by atoms with Crippen LogP contribution in [-0.2, 0) is 11.3 Å². The van der Waals surface area contributed by atoms with E-state index >= 15 is 0 Å². The fourth-order valence-corrected chi connectivity index (χ4v) is 3.04. The van der Waals surface area contributed by atoms with Crippen LogP contribution in [0.1, 0.15) is 15.9 Å². The summed E-state index contributed by atoms with van der Waals surface area (Å²) in [7, 11) is 1.31. The van der Waals surface area contributed by atoms with Gasteiger partial charge in [0.1, 0.15) is 35.4 Å². The smallest absolute Gasteiger partial charge is 0.337 e. The van der Waals surface area contributed by atoms with Crippen molar-refractivity contribution in [3.63, 3.8) is 0 Å². The van der Waals surface area contributed by atoms with Crippen LogP contribution in [0.3, 0.4) is 0 Å². The number of H-pyrrole nitrogens is 1. The summed E-state index contributed by atoms with van der Waals surface area (Å²) in [6, 6.07) is 17.5. The van der Waals surface area contributed by atoms with Crippen molar-refractivity contribution >= 4 is 5.97 Å². The van der Waals surface area contributed by atoms with Gasteiger partial charge in [0.25, 0.3) is 0 Å². The summed E-state index contributed by atoms with van der Waals surface area (Å²) in [5.41, 5.74) is 1.72. The third-order valence-corrected chi connectivity index (χ3v) is 4.70. The Bertz CT molecular complexity index is 1240. The van der Waals surface area contributed by atoms with Crippen molar-refractivity contribution in [3.8, 4) is 34.3 Å². The summed E-state index contributed by atoms with van der Waals surface area (Å²) < 4.78 is 29.9. The maximum absolute atomic E-state index is 13.7. The van der Waals surface area contributed by atoms with Crippen molar-refractivity contribution in [3.05, 3.63) is 89.9 Å². The van der Waals surface area contributed by atoms with Crippen molar-refractivity contribution in [2.75, 3.05) is 7.11 Å². The summed E-state index contributed by atoms with van der Waals surface area (Å²) >= 11 is 0. The minimum atomic E-state index is -0.442. The number of halogens is 1. The Balaban J connectivity index is 1.49. The standard InChI is InChI=1S/C24H19FN2O5/c1-30-24(29)15-6-8-17(9-7-15)32-22-13-26-27-23(22)19-11-10-18(12-21(19)28)31-14-16-4-2-3-5-20(16)25/h2-13,28H,14H2,1H3,(H,26,27). The first-order valence-electron chi connectivity index (χ1n) is 9.64. The summed E-state index contributed by atoms with van der Waals surface area (Å²) in [6.45, 7) is 0.0332. The molecule has 0 fully saturated rings. The lowest BCUT2D eigenvalue weighted by atomic mass is 10.1. The molecule has 0 aliphatic rings. The largest absolute Gasteiger partial charge is 0.507 e. The molecule has 0 aliphatic carbocycles. The molecular formula is C24H19FN2O5. The molecule has 0 radical (unpaired) electrons. The van der Waals surface area contributed by atoms with Crippen LogP contribution >= 0.6 is 0 Å². The lowest BCUT2D eigenvalue weighted by Gasteiger charge is -2.11. The highest BCUT2D eigenvalue weighted by atomic mass is 19.1. The molecule has 4 rings (SSSR count). The van der Waals surface area contributed by atoms with E-state index in [4.69, 9.17) is 9.47 Å². The average Bonchev–Trinajstić information content (AvgIpc) is 3.26. The minimum absolute atomic E-state index is 0.0332. The van der Waals surface area contributed by atoms with Crippen LogP contribution in [0.15, 0.2) is 72.9 Å². The van der Waals surface area contributed by atoms with Crippen molar-refractivity contribution in [2.45, 2.75) is 6.61 Å². The molecule has 0 bridgehead atoms. The molecule has 3 aromatic carbocycles. The first-order chi connectivity index (χ1) is 15.5. The van der Waals surface area contributed by atoms with Crippen LogP contribution in [0.4, 0.5) is 4.39 Å². The second kappa shape index (κ2) is 9.22. The number of aromatic hydroxyl groups is 1. The zero-order chi connectivity index (χ0) is 22.5. The number of benzene rings is 3. The van der Waals surface area contributed by atoms with Crippen molar-refractivity contribution in [1.29, 1.82) is 0 Å². The predicted molar refractivity (Wildman–Crippen MR) is 114 cm³/mol. The molecule has 0 saturated carbocycles. The number of aromatic amines is 1. The zero-order valence-electron chi connectivity index (χ0n) is 17.0. The first kappa shape index (κ1) is 20.9. The maximum Gasteiger partial charge on any atom is 0.337 e. The number of aromatic nitrogens is 2. The van der Waals surface area contributed by atoms with Crippen molar-refractivity contribution in [2.24, 2.45) is 0 Å². The number of hydrogen-bond acceptors (Lipinski definition) is 6. The molecule has 2 N–H and O–H groups in total. The Labute approximate surface area is 183 Å². The van der Waals surface area contributed by atoms with E-state index in [1.165, 1.54) is 25.4 Å². The number of phenols is 1. The highest BCUT2D eigenvalue weighted by molar-refractivity contribution is 5.89. The van der Waals surface area contributed by atoms with Gasteiger partial charge < -0.3 is 19.3 Å². The molecule has 32 heavy (non-hydrogen) atoms. The molecule has 162 valence electrons. The number of nitrogens with zero attached hydrogens (tertiary/aromatic N) is 1. The average molecular weight is 434 g/mol. The van der Waals surface area contributed by atoms with Gasteiger partial charge in [-0.2, -0.15) is 5.10 Å². The SMILES string of the molecule is COC(=O)c1ccc(Oc2cn[nH]c2-c2ccc(OCc3ccccc3F)cc2O)cc1. The van der Waals surface area contributed by atoms with Gasteiger partial charge in [-0.3, -0.25) is 5.10 Å². The highest BCUT2D eigenvalue weighted by Gasteiger charge is 2.15. The van der Waals surface area contributed by atoms with E-state index in [-0.39, 0.29) is 18.2 Å². The van der Waals surface area contributed by atoms with Gasteiger partial charge in [0.05, 0.1) is 18.9 Å². The lowest BCUT2D eigenvalue weighted by Crippen LogP contribution is -2.00. The molecule has 0 amide bonds. The van der Waals surface area contributed by atoms with E-state index in [2.05, 4.69) is 14.9 Å². The fraction of sp³-hybridized carbons (Fsp3) is 0.0833. The molecule has 0 saturated heterocycles. The number of carbonyl (C=O) groups excluding carboxylic acids is 1. The Morgan fingerprint density at radius 1 is 1.06 bits per heavy atom. The third-order valence-electron chi connectivity index (χ3n) is 4.70. The zero-order valence-corrected chi connectivity index (χ0v) is 17.0. The molecule has 7 nitrogen and oxygen atoms in total. The monoisotopic (exact) mass is 434 g/mol. The van der Waals surface area contributed by atoms with Gasteiger partial charge in [0.15, 0.2) is 5.75 Å². The Kier molecular flexibility index (Phi) is 6.03. The number of ether oxygens (including phenoxy) is 3. The number of carbonyl (C=O) groups is 1. The molecule has 0 unspecified atom stereocenters. The molecule has 1 heterocycles. The predicted octanol–water partition coefficient (Wildman–Crippen LogP) is 5.08. The van der Waals surface area contributed by atoms with Gasteiger partial charge in [0, 0.05) is 17.2 Å². The van der Waals surface area contributed by atoms with Gasteiger partial charge in [0.2, 0.25) is 0 Å². The van der Waals surface area contributed by atoms with Gasteiger partial charge in [-0.1, -0.05) is 18.2 Å². The van der Waals surface area contributed by atoms with E-state index < -0.39 is 5.97 Å². The van der Waals surface area contributed by atoms with E-state index in [0.717, 1.165) is 0 Å². The van der Waals surface area contributed by atoms with Gasteiger partial charge in [-0.05, 0) is 42.5 Å². The van der Waals surface area contributed by atoms with Crippen molar-refractivity contribution in [1.82, 2.24) is 10.2 Å². The maximum atomic E-state index is 13.7. The second-order valence-corrected chi connectivity index (χ2v) is 6.79. The van der Waals surface area contributed by atoms with Crippen LogP contribution in [0.5, 0.6) is 23.0 Å². The summed E-state index contributed by atoms with van der Waals surface area (Å²) in [4.78, 5) is 11.6. The third kappa shape index (κ3) is 4.54. The Morgan fingerprint density at radius 3 is 2.53 bits per heavy atom. The van der Waals surface area contributed by atoms with Crippen LogP contribution in [0.2, 0.25) is 0 Å². The molecule has 0 aliphatic heterocycles. The van der Waals surface area contributed by atoms with Gasteiger partial charge in [-0.25, -0.2) is 9.18 Å². The number of methoxy groups -OCH3 is 1.